The average molecular weight is 196 g/mol. The first-order valence-electron chi connectivity index (χ1n) is 4.52. The second kappa shape index (κ2) is 3.60. The summed E-state index contributed by atoms with van der Waals surface area (Å²) >= 11 is 1.56. The molecule has 0 aromatic carbocycles. The van der Waals surface area contributed by atoms with E-state index in [2.05, 4.69) is 0 Å². The van der Waals surface area contributed by atoms with Crippen molar-refractivity contribution in [1.29, 1.82) is 0 Å². The molecule has 0 spiro atoms. The van der Waals surface area contributed by atoms with Gasteiger partial charge in [0.15, 0.2) is 0 Å². The molecule has 1 aliphatic rings. The van der Waals surface area contributed by atoms with Gasteiger partial charge in [-0.1, -0.05) is 0 Å². The van der Waals surface area contributed by atoms with Crippen molar-refractivity contribution in [2.45, 2.75) is 25.4 Å². The first-order valence-corrected chi connectivity index (χ1v) is 5.46. The molecule has 1 fully saturated rings. The maximum Gasteiger partial charge on any atom is 0.138 e. The van der Waals surface area contributed by atoms with E-state index in [0.717, 1.165) is 18.4 Å². The minimum absolute atomic E-state index is 0.144. The van der Waals surface area contributed by atoms with Gasteiger partial charge in [0, 0.05) is 12.3 Å². The van der Waals surface area contributed by atoms with E-state index in [1.54, 1.807) is 11.3 Å². The molecule has 2 unspecified atom stereocenters. The second-order valence-electron chi connectivity index (χ2n) is 3.47. The van der Waals surface area contributed by atoms with Gasteiger partial charge in [-0.2, -0.15) is 11.3 Å². The number of aliphatic hydroxyl groups is 1. The van der Waals surface area contributed by atoms with E-state index in [0.29, 0.717) is 6.42 Å². The van der Waals surface area contributed by atoms with Crippen LogP contribution in [-0.4, -0.2) is 10.9 Å². The van der Waals surface area contributed by atoms with Gasteiger partial charge >= 0.3 is 0 Å². The summed E-state index contributed by atoms with van der Waals surface area (Å²) in [5.74, 6) is 0.0771. The standard InChI is InChI=1S/C10H12O2S/c11-9-3-1-2-8(9)10(12)7-4-5-13-6-7/h4-6,8,10,12H,1-3H2. The highest BCUT2D eigenvalue weighted by atomic mass is 32.1. The SMILES string of the molecule is O=C1CCCC1C(O)c1ccsc1. The van der Waals surface area contributed by atoms with E-state index in [1.165, 1.54) is 0 Å². The lowest BCUT2D eigenvalue weighted by Crippen LogP contribution is -2.15. The minimum atomic E-state index is -0.568. The van der Waals surface area contributed by atoms with E-state index < -0.39 is 6.10 Å². The number of hydrogen-bond acceptors (Lipinski definition) is 3. The van der Waals surface area contributed by atoms with Crippen molar-refractivity contribution in [3.8, 4) is 0 Å². The Labute approximate surface area is 81.2 Å². The molecular weight excluding hydrogens is 184 g/mol. The number of aliphatic hydroxyl groups excluding tert-OH is 1. The summed E-state index contributed by atoms with van der Waals surface area (Å²) in [6.45, 7) is 0. The molecule has 70 valence electrons. The normalized spacial score (nSPS) is 25.0. The van der Waals surface area contributed by atoms with E-state index in [4.69, 9.17) is 0 Å². The molecule has 1 heterocycles. The number of carbonyl (C=O) groups excluding carboxylic acids is 1. The smallest absolute Gasteiger partial charge is 0.138 e. The Hall–Kier alpha value is -0.670. The predicted molar refractivity (Wildman–Crippen MR) is 51.6 cm³/mol. The highest BCUT2D eigenvalue weighted by Crippen LogP contribution is 2.33. The van der Waals surface area contributed by atoms with Crippen molar-refractivity contribution >= 4 is 17.1 Å². The van der Waals surface area contributed by atoms with Crippen LogP contribution in [0.15, 0.2) is 16.8 Å². The molecule has 0 aliphatic heterocycles. The number of Topliss-reactive ketones (excluding diaryl/α,β-unsaturated/α-hetero) is 1. The van der Waals surface area contributed by atoms with Crippen LogP contribution in [0, 0.1) is 5.92 Å². The monoisotopic (exact) mass is 196 g/mol. The zero-order valence-electron chi connectivity index (χ0n) is 7.27. The lowest BCUT2D eigenvalue weighted by molar-refractivity contribution is -0.123. The zero-order chi connectivity index (χ0) is 9.26. The molecule has 0 saturated heterocycles. The number of hydrogen-bond donors (Lipinski definition) is 1. The van der Waals surface area contributed by atoms with Crippen molar-refractivity contribution in [2.75, 3.05) is 0 Å². The predicted octanol–water partition coefficient (Wildman–Crippen LogP) is 2.15. The number of thiophene rings is 1. The number of rotatable bonds is 2. The molecule has 3 heteroatoms. The first kappa shape index (κ1) is 8.91. The van der Waals surface area contributed by atoms with Gasteiger partial charge < -0.3 is 5.11 Å². The highest BCUT2D eigenvalue weighted by molar-refractivity contribution is 7.07. The van der Waals surface area contributed by atoms with Crippen molar-refractivity contribution < 1.29 is 9.90 Å². The van der Waals surface area contributed by atoms with Crippen LogP contribution in [-0.2, 0) is 4.79 Å². The van der Waals surface area contributed by atoms with E-state index in [1.807, 2.05) is 16.8 Å². The molecule has 1 aliphatic carbocycles. The summed E-state index contributed by atoms with van der Waals surface area (Å²) in [6, 6.07) is 1.89. The minimum Gasteiger partial charge on any atom is -0.388 e. The van der Waals surface area contributed by atoms with Crippen LogP contribution in [0.1, 0.15) is 30.9 Å². The van der Waals surface area contributed by atoms with Crippen LogP contribution in [0.2, 0.25) is 0 Å². The average Bonchev–Trinajstić information content (AvgIpc) is 2.72. The fourth-order valence-corrected chi connectivity index (χ4v) is 2.54. The molecule has 2 rings (SSSR count). The Morgan fingerprint density at radius 2 is 2.46 bits per heavy atom. The van der Waals surface area contributed by atoms with Gasteiger partial charge in [-0.3, -0.25) is 4.79 Å². The summed E-state index contributed by atoms with van der Waals surface area (Å²) in [7, 11) is 0. The van der Waals surface area contributed by atoms with Gasteiger partial charge in [0.1, 0.15) is 5.78 Å². The van der Waals surface area contributed by atoms with Gasteiger partial charge in [-0.25, -0.2) is 0 Å². The molecule has 1 aromatic heterocycles. The fraction of sp³-hybridized carbons (Fsp3) is 0.500. The Balaban J connectivity index is 2.13. The summed E-state index contributed by atoms with van der Waals surface area (Å²) in [4.78, 5) is 11.4. The van der Waals surface area contributed by atoms with E-state index in [-0.39, 0.29) is 11.7 Å². The van der Waals surface area contributed by atoms with E-state index in [9.17, 15) is 9.90 Å². The Morgan fingerprint density at radius 1 is 1.62 bits per heavy atom. The van der Waals surface area contributed by atoms with Gasteiger partial charge in [0.05, 0.1) is 6.10 Å². The molecule has 0 radical (unpaired) electrons. The second-order valence-corrected chi connectivity index (χ2v) is 4.25. The third-order valence-electron chi connectivity index (χ3n) is 2.62. The summed E-state index contributed by atoms with van der Waals surface area (Å²) in [5.41, 5.74) is 0.894. The van der Waals surface area contributed by atoms with Gasteiger partial charge in [0.25, 0.3) is 0 Å². The quantitative estimate of drug-likeness (QED) is 0.787. The van der Waals surface area contributed by atoms with Crippen molar-refractivity contribution in [2.24, 2.45) is 5.92 Å². The maximum absolute atomic E-state index is 11.4. The largest absolute Gasteiger partial charge is 0.388 e. The summed E-state index contributed by atoms with van der Waals surface area (Å²) in [5, 5.41) is 13.7. The number of ketones is 1. The molecule has 0 bridgehead atoms. The van der Waals surface area contributed by atoms with Gasteiger partial charge in [0.2, 0.25) is 0 Å². The Morgan fingerprint density at radius 3 is 3.00 bits per heavy atom. The van der Waals surface area contributed by atoms with Crippen molar-refractivity contribution in [3.63, 3.8) is 0 Å². The molecular formula is C10H12O2S. The van der Waals surface area contributed by atoms with Crippen LogP contribution in [0.25, 0.3) is 0 Å². The fourth-order valence-electron chi connectivity index (χ4n) is 1.85. The van der Waals surface area contributed by atoms with Crippen LogP contribution in [0.5, 0.6) is 0 Å². The molecule has 0 amide bonds. The van der Waals surface area contributed by atoms with Crippen LogP contribution >= 0.6 is 11.3 Å². The zero-order valence-corrected chi connectivity index (χ0v) is 8.09. The Kier molecular flexibility index (Phi) is 2.47. The molecule has 13 heavy (non-hydrogen) atoms. The molecule has 2 atom stereocenters. The first-order chi connectivity index (χ1) is 6.29. The highest BCUT2D eigenvalue weighted by Gasteiger charge is 2.31. The van der Waals surface area contributed by atoms with Crippen LogP contribution in [0.4, 0.5) is 0 Å². The Bertz CT molecular complexity index is 292. The van der Waals surface area contributed by atoms with Crippen LogP contribution in [0.3, 0.4) is 0 Å². The molecule has 1 saturated carbocycles. The third-order valence-corrected chi connectivity index (χ3v) is 3.32. The summed E-state index contributed by atoms with van der Waals surface area (Å²) < 4.78 is 0. The topological polar surface area (TPSA) is 37.3 Å². The van der Waals surface area contributed by atoms with Crippen LogP contribution < -0.4 is 0 Å². The maximum atomic E-state index is 11.4. The van der Waals surface area contributed by atoms with Crippen molar-refractivity contribution in [3.05, 3.63) is 22.4 Å². The molecule has 2 nitrogen and oxygen atoms in total. The lowest BCUT2D eigenvalue weighted by atomic mass is 9.96. The third kappa shape index (κ3) is 1.67. The van der Waals surface area contributed by atoms with Gasteiger partial charge in [-0.05, 0) is 35.2 Å². The van der Waals surface area contributed by atoms with Gasteiger partial charge in [-0.15, -0.1) is 0 Å². The molecule has 1 aromatic rings. The number of carbonyl (C=O) groups is 1. The van der Waals surface area contributed by atoms with E-state index >= 15 is 0 Å². The van der Waals surface area contributed by atoms with Crippen molar-refractivity contribution in [1.82, 2.24) is 0 Å². The summed E-state index contributed by atoms with van der Waals surface area (Å²) in [6.07, 6.45) is 1.85. The molecule has 1 N–H and O–H groups in total. The lowest BCUT2D eigenvalue weighted by Gasteiger charge is -2.14.